The molecule has 1 aromatic heterocycles. The number of rotatable bonds is 8. The molecule has 1 heterocycles. The molecule has 0 bridgehead atoms. The zero-order chi connectivity index (χ0) is 19.4. The fourth-order valence-electron chi connectivity index (χ4n) is 2.19. The highest BCUT2D eigenvalue weighted by atomic mass is 79.9. The number of nitrogens with one attached hydrogen (secondary N) is 2. The van der Waals surface area contributed by atoms with Crippen LogP contribution in [0.15, 0.2) is 45.3 Å². The monoisotopic (exact) mass is 444 g/mol. The summed E-state index contributed by atoms with van der Waals surface area (Å²) in [6.45, 7) is 3.66. The largest absolute Gasteiger partial charge is 0.486 e. The Morgan fingerprint density at radius 2 is 1.85 bits per heavy atom. The number of halogens is 1. The summed E-state index contributed by atoms with van der Waals surface area (Å²) in [6.07, 6.45) is 1.07. The summed E-state index contributed by atoms with van der Waals surface area (Å²) in [5.74, 6) is 0.897. The molecule has 0 spiro atoms. The Morgan fingerprint density at radius 3 is 2.46 bits per heavy atom. The summed E-state index contributed by atoms with van der Waals surface area (Å²) in [4.78, 5) is 12.2. The van der Waals surface area contributed by atoms with Crippen LogP contribution in [0.2, 0.25) is 0 Å². The van der Waals surface area contributed by atoms with E-state index in [1.807, 2.05) is 24.3 Å². The Bertz CT molecular complexity index is 860. The average molecular weight is 445 g/mol. The van der Waals surface area contributed by atoms with Gasteiger partial charge in [-0.3, -0.25) is 4.79 Å². The molecule has 0 fully saturated rings. The van der Waals surface area contributed by atoms with Gasteiger partial charge in [-0.2, -0.15) is 0 Å². The first-order chi connectivity index (χ1) is 12.0. The lowest BCUT2D eigenvalue weighted by atomic mass is 10.1. The van der Waals surface area contributed by atoms with E-state index in [0.717, 1.165) is 10.7 Å². The normalized spacial score (nSPS) is 12.0. The number of benzene rings is 1. The third kappa shape index (κ3) is 6.81. The summed E-state index contributed by atoms with van der Waals surface area (Å²) in [7, 11) is -3.37. The second-order valence-corrected chi connectivity index (χ2v) is 9.11. The highest BCUT2D eigenvalue weighted by Crippen LogP contribution is 2.18. The first-order valence-corrected chi connectivity index (χ1v) is 10.5. The lowest BCUT2D eigenvalue weighted by Gasteiger charge is -2.24. The van der Waals surface area contributed by atoms with Crippen molar-refractivity contribution < 1.29 is 22.4 Å². The van der Waals surface area contributed by atoms with Gasteiger partial charge in [0.25, 0.3) is 5.91 Å². The molecule has 0 saturated heterocycles. The number of amides is 1. The van der Waals surface area contributed by atoms with Crippen LogP contribution in [0.4, 0.5) is 0 Å². The molecule has 1 amide bonds. The maximum atomic E-state index is 12.2. The molecule has 0 saturated carbocycles. The summed E-state index contributed by atoms with van der Waals surface area (Å²) in [6, 6.07) is 10.6. The lowest BCUT2D eigenvalue weighted by Crippen LogP contribution is -2.50. The Balaban J connectivity index is 1.88. The van der Waals surface area contributed by atoms with Crippen LogP contribution in [-0.2, 0) is 16.6 Å². The topological polar surface area (TPSA) is 97.6 Å². The van der Waals surface area contributed by atoms with Gasteiger partial charge in [-0.25, -0.2) is 13.1 Å². The molecule has 2 N–H and O–H groups in total. The molecule has 7 nitrogen and oxygen atoms in total. The van der Waals surface area contributed by atoms with Gasteiger partial charge < -0.3 is 14.5 Å². The average Bonchev–Trinajstić information content (AvgIpc) is 2.99. The number of carbonyl (C=O) groups is 1. The molecule has 0 atom stereocenters. The Labute approximate surface area is 161 Å². The maximum absolute atomic E-state index is 12.2. The first-order valence-electron chi connectivity index (χ1n) is 7.78. The van der Waals surface area contributed by atoms with Crippen molar-refractivity contribution in [2.45, 2.75) is 26.0 Å². The zero-order valence-electron chi connectivity index (χ0n) is 14.7. The molecule has 0 unspecified atom stereocenters. The van der Waals surface area contributed by atoms with Crippen LogP contribution in [0.3, 0.4) is 0 Å². The van der Waals surface area contributed by atoms with Crippen molar-refractivity contribution in [3.63, 3.8) is 0 Å². The third-order valence-electron chi connectivity index (χ3n) is 3.23. The number of ether oxygens (including phenoxy) is 1. The molecule has 26 heavy (non-hydrogen) atoms. The predicted octanol–water partition coefficient (Wildman–Crippen LogP) is 2.68. The van der Waals surface area contributed by atoms with Crippen molar-refractivity contribution in [1.29, 1.82) is 0 Å². The molecule has 1 aromatic carbocycles. The number of carbonyl (C=O) groups excluding carboxylic acids is 1. The molecule has 2 aromatic rings. The lowest BCUT2D eigenvalue weighted by molar-refractivity contribution is 0.0912. The Hall–Kier alpha value is -1.84. The van der Waals surface area contributed by atoms with E-state index in [2.05, 4.69) is 26.0 Å². The Kier molecular flexibility index (Phi) is 6.48. The van der Waals surface area contributed by atoms with E-state index in [1.165, 1.54) is 0 Å². The van der Waals surface area contributed by atoms with E-state index in [1.54, 1.807) is 26.0 Å². The minimum absolute atomic E-state index is 0.115. The molecule has 0 aliphatic carbocycles. The standard InChI is InChI=1S/C17H21BrN2O5S/c1-17(2,20-26(3,22)23)11-19-16(21)15-9-8-14(25-15)10-24-13-6-4-12(18)5-7-13/h4-9,20H,10-11H2,1-3H3,(H,19,21). The van der Waals surface area contributed by atoms with E-state index < -0.39 is 21.5 Å². The number of hydrogen-bond donors (Lipinski definition) is 2. The van der Waals surface area contributed by atoms with Gasteiger partial charge in [-0.15, -0.1) is 0 Å². The predicted molar refractivity (Wildman–Crippen MR) is 102 cm³/mol. The molecule has 0 aliphatic rings. The van der Waals surface area contributed by atoms with Gasteiger partial charge in [-0.1, -0.05) is 15.9 Å². The summed E-state index contributed by atoms with van der Waals surface area (Å²) in [5, 5.41) is 2.65. The van der Waals surface area contributed by atoms with Crippen LogP contribution >= 0.6 is 15.9 Å². The SMILES string of the molecule is CC(C)(CNC(=O)c1ccc(COc2ccc(Br)cc2)o1)NS(C)(=O)=O. The van der Waals surface area contributed by atoms with Crippen LogP contribution in [0.5, 0.6) is 5.75 Å². The van der Waals surface area contributed by atoms with E-state index in [9.17, 15) is 13.2 Å². The smallest absolute Gasteiger partial charge is 0.287 e. The van der Waals surface area contributed by atoms with Crippen LogP contribution in [0, 0.1) is 0 Å². The molecular weight excluding hydrogens is 424 g/mol. The fraction of sp³-hybridized carbons (Fsp3) is 0.353. The minimum atomic E-state index is -3.37. The third-order valence-corrected chi connectivity index (χ3v) is 4.68. The maximum Gasteiger partial charge on any atom is 0.287 e. The van der Waals surface area contributed by atoms with Gasteiger partial charge in [0.15, 0.2) is 5.76 Å². The van der Waals surface area contributed by atoms with Gasteiger partial charge in [0, 0.05) is 16.6 Å². The van der Waals surface area contributed by atoms with Crippen LogP contribution in [0.25, 0.3) is 0 Å². The van der Waals surface area contributed by atoms with Crippen molar-refractivity contribution >= 4 is 31.9 Å². The minimum Gasteiger partial charge on any atom is -0.486 e. The highest BCUT2D eigenvalue weighted by molar-refractivity contribution is 9.10. The van der Waals surface area contributed by atoms with E-state index in [-0.39, 0.29) is 18.9 Å². The van der Waals surface area contributed by atoms with Gasteiger partial charge >= 0.3 is 0 Å². The Morgan fingerprint density at radius 1 is 1.19 bits per heavy atom. The van der Waals surface area contributed by atoms with E-state index in [0.29, 0.717) is 11.5 Å². The van der Waals surface area contributed by atoms with Gasteiger partial charge in [-0.05, 0) is 50.2 Å². The summed E-state index contributed by atoms with van der Waals surface area (Å²) < 4.78 is 37.1. The van der Waals surface area contributed by atoms with Crippen molar-refractivity contribution in [3.05, 3.63) is 52.4 Å². The number of furan rings is 1. The van der Waals surface area contributed by atoms with Crippen molar-refractivity contribution in [1.82, 2.24) is 10.0 Å². The van der Waals surface area contributed by atoms with Crippen LogP contribution in [-0.4, -0.2) is 32.7 Å². The van der Waals surface area contributed by atoms with Crippen molar-refractivity contribution in [2.75, 3.05) is 12.8 Å². The number of sulfonamides is 1. The van der Waals surface area contributed by atoms with Crippen molar-refractivity contribution in [3.8, 4) is 5.75 Å². The fourth-order valence-corrected chi connectivity index (χ4v) is 3.53. The van der Waals surface area contributed by atoms with Gasteiger partial charge in [0.05, 0.1) is 6.26 Å². The first kappa shape index (κ1) is 20.5. The molecule has 142 valence electrons. The van der Waals surface area contributed by atoms with E-state index in [4.69, 9.17) is 9.15 Å². The molecule has 0 aliphatic heterocycles. The van der Waals surface area contributed by atoms with Crippen LogP contribution in [0.1, 0.15) is 30.2 Å². The van der Waals surface area contributed by atoms with Gasteiger partial charge in [0.1, 0.15) is 18.1 Å². The number of hydrogen-bond acceptors (Lipinski definition) is 5. The highest BCUT2D eigenvalue weighted by Gasteiger charge is 2.23. The molecule has 2 rings (SSSR count). The van der Waals surface area contributed by atoms with Gasteiger partial charge in [0.2, 0.25) is 10.0 Å². The quantitative estimate of drug-likeness (QED) is 0.651. The second kappa shape index (κ2) is 8.24. The molecular formula is C17H21BrN2O5S. The van der Waals surface area contributed by atoms with Crippen molar-refractivity contribution in [2.24, 2.45) is 0 Å². The molecule has 9 heteroatoms. The summed E-state index contributed by atoms with van der Waals surface area (Å²) >= 11 is 3.35. The van der Waals surface area contributed by atoms with Crippen LogP contribution < -0.4 is 14.8 Å². The van der Waals surface area contributed by atoms with E-state index >= 15 is 0 Å². The second-order valence-electron chi connectivity index (χ2n) is 6.45. The zero-order valence-corrected chi connectivity index (χ0v) is 17.1. The summed E-state index contributed by atoms with van der Waals surface area (Å²) in [5.41, 5.74) is -0.816. The molecule has 0 radical (unpaired) electrons.